The van der Waals surface area contributed by atoms with E-state index in [1.807, 2.05) is 0 Å². The molecule has 0 aliphatic rings. The molecular weight excluding hydrogens is 222 g/mol. The van der Waals surface area contributed by atoms with Gasteiger partial charge in [-0.1, -0.05) is 0 Å². The summed E-state index contributed by atoms with van der Waals surface area (Å²) in [7, 11) is 1.63. The molecule has 7 heteroatoms. The first-order chi connectivity index (χ1) is 6.56. The van der Waals surface area contributed by atoms with Crippen LogP contribution in [-0.4, -0.2) is 22.0 Å². The number of aromatic nitrogens is 1. The molecule has 1 aromatic heterocycles. The number of halogens is 1. The number of nitrogens with zero attached hydrogens (tertiary/aromatic N) is 2. The third kappa shape index (κ3) is 2.95. The SMILES string of the molecule is CCOC(=N)c1cc([N+](=O)[O-])cn1C.Cl. The molecule has 0 bridgehead atoms. The van der Waals surface area contributed by atoms with Crippen molar-refractivity contribution >= 4 is 24.0 Å². The lowest BCUT2D eigenvalue weighted by molar-refractivity contribution is -0.384. The molecule has 0 saturated carbocycles. The normalized spacial score (nSPS) is 9.20. The van der Waals surface area contributed by atoms with Gasteiger partial charge in [0.2, 0.25) is 5.90 Å². The molecular formula is C8H12ClN3O3. The highest BCUT2D eigenvalue weighted by molar-refractivity contribution is 5.90. The summed E-state index contributed by atoms with van der Waals surface area (Å²) < 4.78 is 6.44. The average Bonchev–Trinajstić information content (AvgIpc) is 2.48. The van der Waals surface area contributed by atoms with Crippen molar-refractivity contribution in [3.05, 3.63) is 28.1 Å². The Morgan fingerprint density at radius 2 is 2.33 bits per heavy atom. The van der Waals surface area contributed by atoms with E-state index in [0.29, 0.717) is 12.3 Å². The van der Waals surface area contributed by atoms with Crippen molar-refractivity contribution < 1.29 is 9.66 Å². The van der Waals surface area contributed by atoms with Crippen molar-refractivity contribution in [2.24, 2.45) is 7.05 Å². The molecule has 0 aliphatic carbocycles. The summed E-state index contributed by atoms with van der Waals surface area (Å²) in [5.74, 6) is -0.0527. The Labute approximate surface area is 92.9 Å². The number of ether oxygens (including phenoxy) is 1. The van der Waals surface area contributed by atoms with E-state index in [4.69, 9.17) is 10.1 Å². The van der Waals surface area contributed by atoms with Crippen LogP contribution in [0.2, 0.25) is 0 Å². The minimum Gasteiger partial charge on any atom is -0.477 e. The van der Waals surface area contributed by atoms with Crippen LogP contribution < -0.4 is 0 Å². The van der Waals surface area contributed by atoms with Crippen molar-refractivity contribution in [3.63, 3.8) is 0 Å². The molecule has 0 aromatic carbocycles. The summed E-state index contributed by atoms with van der Waals surface area (Å²) in [6, 6.07) is 1.32. The Bertz CT molecular complexity index is 375. The van der Waals surface area contributed by atoms with Crippen LogP contribution in [-0.2, 0) is 11.8 Å². The molecule has 84 valence electrons. The van der Waals surface area contributed by atoms with Gasteiger partial charge in [-0.3, -0.25) is 15.5 Å². The molecule has 6 nitrogen and oxygen atoms in total. The largest absolute Gasteiger partial charge is 0.477 e. The lowest BCUT2D eigenvalue weighted by atomic mass is 10.4. The van der Waals surface area contributed by atoms with E-state index >= 15 is 0 Å². The van der Waals surface area contributed by atoms with Crippen LogP contribution in [0.15, 0.2) is 12.3 Å². The van der Waals surface area contributed by atoms with Gasteiger partial charge in [0.25, 0.3) is 5.69 Å². The molecule has 0 saturated heterocycles. The average molecular weight is 234 g/mol. The second-order valence-corrected chi connectivity index (χ2v) is 2.71. The van der Waals surface area contributed by atoms with E-state index in [2.05, 4.69) is 0 Å². The highest BCUT2D eigenvalue weighted by Gasteiger charge is 2.15. The standard InChI is InChI=1S/C8H11N3O3.ClH/c1-3-14-8(9)7-4-6(11(12)13)5-10(7)2;/h4-5,9H,3H2,1-2H3;1H. The van der Waals surface area contributed by atoms with Gasteiger partial charge < -0.3 is 9.30 Å². The second kappa shape index (κ2) is 5.35. The van der Waals surface area contributed by atoms with Crippen molar-refractivity contribution in [1.29, 1.82) is 5.41 Å². The number of rotatable bonds is 3. The quantitative estimate of drug-likeness (QED) is 0.374. The van der Waals surface area contributed by atoms with E-state index in [1.165, 1.54) is 16.8 Å². The first-order valence-electron chi connectivity index (χ1n) is 4.08. The lowest BCUT2D eigenvalue weighted by Gasteiger charge is -2.04. The third-order valence-electron chi connectivity index (χ3n) is 1.72. The highest BCUT2D eigenvalue weighted by atomic mass is 35.5. The van der Waals surface area contributed by atoms with Gasteiger partial charge in [-0.25, -0.2) is 0 Å². The summed E-state index contributed by atoms with van der Waals surface area (Å²) >= 11 is 0. The second-order valence-electron chi connectivity index (χ2n) is 2.71. The molecule has 0 spiro atoms. The number of hydrogen-bond acceptors (Lipinski definition) is 4. The van der Waals surface area contributed by atoms with Gasteiger partial charge in [0.05, 0.1) is 17.7 Å². The topological polar surface area (TPSA) is 81.2 Å². The molecule has 0 amide bonds. The maximum Gasteiger partial charge on any atom is 0.287 e. The minimum atomic E-state index is -0.497. The Kier molecular flexibility index (Phi) is 4.80. The van der Waals surface area contributed by atoms with Gasteiger partial charge >= 0.3 is 0 Å². The third-order valence-corrected chi connectivity index (χ3v) is 1.72. The predicted octanol–water partition coefficient (Wildman–Crippen LogP) is 1.72. The van der Waals surface area contributed by atoms with Crippen LogP contribution in [0.1, 0.15) is 12.6 Å². The van der Waals surface area contributed by atoms with Crippen molar-refractivity contribution in [3.8, 4) is 0 Å². The summed E-state index contributed by atoms with van der Waals surface area (Å²) in [4.78, 5) is 9.93. The van der Waals surface area contributed by atoms with E-state index in [0.717, 1.165) is 0 Å². The predicted molar refractivity (Wildman–Crippen MR) is 57.8 cm³/mol. The summed E-state index contributed by atoms with van der Waals surface area (Å²) in [6.07, 6.45) is 1.35. The lowest BCUT2D eigenvalue weighted by Crippen LogP contribution is -2.08. The molecule has 15 heavy (non-hydrogen) atoms. The number of aryl methyl sites for hydroxylation is 1. The fourth-order valence-electron chi connectivity index (χ4n) is 1.09. The van der Waals surface area contributed by atoms with Gasteiger partial charge in [0.1, 0.15) is 5.69 Å². The minimum absolute atomic E-state index is 0. The molecule has 0 unspecified atom stereocenters. The molecule has 1 rings (SSSR count). The van der Waals surface area contributed by atoms with Crippen molar-refractivity contribution in [2.45, 2.75) is 6.92 Å². The number of nitrogens with one attached hydrogen (secondary N) is 1. The van der Waals surface area contributed by atoms with Gasteiger partial charge in [-0.05, 0) is 6.92 Å². The summed E-state index contributed by atoms with van der Waals surface area (Å²) in [6.45, 7) is 2.13. The monoisotopic (exact) mass is 233 g/mol. The number of hydrogen-bond donors (Lipinski definition) is 1. The Balaban J connectivity index is 0.00000196. The van der Waals surface area contributed by atoms with Gasteiger partial charge in [0.15, 0.2) is 0 Å². The van der Waals surface area contributed by atoms with Gasteiger partial charge in [0, 0.05) is 13.1 Å². The molecule has 0 atom stereocenters. The van der Waals surface area contributed by atoms with E-state index < -0.39 is 4.92 Å². The molecule has 1 N–H and O–H groups in total. The number of nitro groups is 1. The van der Waals surface area contributed by atoms with Crippen LogP contribution in [0.25, 0.3) is 0 Å². The van der Waals surface area contributed by atoms with Crippen LogP contribution in [0.3, 0.4) is 0 Å². The Morgan fingerprint density at radius 3 is 2.73 bits per heavy atom. The maximum absolute atomic E-state index is 10.4. The molecule has 0 fully saturated rings. The zero-order valence-corrected chi connectivity index (χ0v) is 9.21. The Hall–Kier alpha value is -1.56. The van der Waals surface area contributed by atoms with Crippen LogP contribution in [0, 0.1) is 15.5 Å². The first kappa shape index (κ1) is 13.4. The molecule has 0 radical (unpaired) electrons. The Morgan fingerprint density at radius 1 is 1.73 bits per heavy atom. The fraction of sp³-hybridized carbons (Fsp3) is 0.375. The van der Waals surface area contributed by atoms with E-state index in [-0.39, 0.29) is 24.0 Å². The zero-order valence-electron chi connectivity index (χ0n) is 8.39. The van der Waals surface area contributed by atoms with E-state index in [9.17, 15) is 10.1 Å². The van der Waals surface area contributed by atoms with E-state index in [1.54, 1.807) is 14.0 Å². The fourth-order valence-corrected chi connectivity index (χ4v) is 1.09. The first-order valence-corrected chi connectivity index (χ1v) is 4.08. The van der Waals surface area contributed by atoms with Gasteiger partial charge in [-0.15, -0.1) is 12.4 Å². The van der Waals surface area contributed by atoms with Crippen LogP contribution in [0.4, 0.5) is 5.69 Å². The van der Waals surface area contributed by atoms with Crippen LogP contribution in [0.5, 0.6) is 0 Å². The van der Waals surface area contributed by atoms with Crippen molar-refractivity contribution in [2.75, 3.05) is 6.61 Å². The van der Waals surface area contributed by atoms with Gasteiger partial charge in [-0.2, -0.15) is 0 Å². The maximum atomic E-state index is 10.4. The summed E-state index contributed by atoms with van der Waals surface area (Å²) in [5.41, 5.74) is 0.366. The summed E-state index contributed by atoms with van der Waals surface area (Å²) in [5, 5.41) is 17.9. The van der Waals surface area contributed by atoms with Crippen LogP contribution >= 0.6 is 12.4 Å². The van der Waals surface area contributed by atoms with Crippen molar-refractivity contribution in [1.82, 2.24) is 4.57 Å². The zero-order chi connectivity index (χ0) is 10.7. The molecule has 0 aliphatic heterocycles. The molecule has 1 aromatic rings. The highest BCUT2D eigenvalue weighted by Crippen LogP contribution is 2.15. The smallest absolute Gasteiger partial charge is 0.287 e. The molecule has 1 heterocycles.